The molecule has 0 atom stereocenters. The summed E-state index contributed by atoms with van der Waals surface area (Å²) in [5, 5.41) is 10.6. The van der Waals surface area contributed by atoms with Crippen molar-refractivity contribution in [1.82, 2.24) is 4.90 Å². The standard InChI is InChI=1S/C16H17NO5S2/c1-3-22-11-5-4-10(8-12(11)21-2)9-13-15(20)17(16(23)24-13)7-6-14(18)19/h4-5,8-9H,3,6-7H2,1-2H3,(H,18,19)/p-1/b13-9+. The Kier molecular flexibility index (Phi) is 6.22. The third-order valence-corrected chi connectivity index (χ3v) is 4.58. The molecule has 128 valence electrons. The predicted octanol–water partition coefficient (Wildman–Crippen LogP) is 1.44. The first kappa shape index (κ1) is 18.3. The van der Waals surface area contributed by atoms with Crippen LogP contribution in [-0.4, -0.2) is 41.4 Å². The van der Waals surface area contributed by atoms with Gasteiger partial charge in [0.2, 0.25) is 0 Å². The Hall–Kier alpha value is -2.06. The van der Waals surface area contributed by atoms with Crippen LogP contribution in [0, 0.1) is 0 Å². The first-order valence-corrected chi connectivity index (χ1v) is 8.44. The lowest BCUT2D eigenvalue weighted by Gasteiger charge is -2.14. The zero-order valence-corrected chi connectivity index (χ0v) is 14.9. The van der Waals surface area contributed by atoms with E-state index in [-0.39, 0.29) is 18.9 Å². The highest BCUT2D eigenvalue weighted by Crippen LogP contribution is 2.34. The van der Waals surface area contributed by atoms with E-state index in [1.54, 1.807) is 31.4 Å². The van der Waals surface area contributed by atoms with Crippen molar-refractivity contribution < 1.29 is 24.2 Å². The molecule has 0 saturated carbocycles. The van der Waals surface area contributed by atoms with E-state index in [2.05, 4.69) is 0 Å². The van der Waals surface area contributed by atoms with Crippen LogP contribution >= 0.6 is 24.0 Å². The van der Waals surface area contributed by atoms with Crippen LogP contribution in [0.25, 0.3) is 6.08 Å². The van der Waals surface area contributed by atoms with Gasteiger partial charge in [-0.05, 0) is 30.7 Å². The number of amides is 1. The average molecular weight is 366 g/mol. The molecule has 1 saturated heterocycles. The number of carboxylic acids is 1. The van der Waals surface area contributed by atoms with Crippen molar-refractivity contribution in [3.05, 3.63) is 28.7 Å². The molecule has 2 rings (SSSR count). The Labute approximate surface area is 149 Å². The van der Waals surface area contributed by atoms with Gasteiger partial charge in [0.1, 0.15) is 4.32 Å². The summed E-state index contributed by atoms with van der Waals surface area (Å²) in [6.07, 6.45) is 1.44. The number of hydrogen-bond donors (Lipinski definition) is 0. The number of thiocarbonyl (C=S) groups is 1. The van der Waals surface area contributed by atoms with Crippen LogP contribution in [0.4, 0.5) is 0 Å². The first-order chi connectivity index (χ1) is 11.5. The molecular weight excluding hydrogens is 350 g/mol. The van der Waals surface area contributed by atoms with Gasteiger partial charge in [-0.25, -0.2) is 0 Å². The van der Waals surface area contributed by atoms with E-state index in [0.29, 0.717) is 27.3 Å². The molecule has 0 spiro atoms. The van der Waals surface area contributed by atoms with Gasteiger partial charge in [-0.2, -0.15) is 0 Å². The maximum Gasteiger partial charge on any atom is 0.266 e. The highest BCUT2D eigenvalue weighted by atomic mass is 32.2. The van der Waals surface area contributed by atoms with Gasteiger partial charge in [0.15, 0.2) is 11.5 Å². The van der Waals surface area contributed by atoms with Gasteiger partial charge >= 0.3 is 0 Å². The van der Waals surface area contributed by atoms with Crippen LogP contribution in [0.2, 0.25) is 0 Å². The van der Waals surface area contributed by atoms with Gasteiger partial charge in [0, 0.05) is 18.9 Å². The minimum absolute atomic E-state index is 0.0109. The number of carboxylic acid groups (broad SMARTS) is 1. The lowest BCUT2D eigenvalue weighted by molar-refractivity contribution is -0.305. The van der Waals surface area contributed by atoms with Crippen LogP contribution in [0.1, 0.15) is 18.9 Å². The number of aliphatic carboxylic acids is 1. The molecule has 1 heterocycles. The molecule has 0 N–H and O–H groups in total. The Balaban J connectivity index is 2.20. The summed E-state index contributed by atoms with van der Waals surface area (Å²) in [6.45, 7) is 2.41. The summed E-state index contributed by atoms with van der Waals surface area (Å²) in [4.78, 5) is 24.6. The molecule has 1 aromatic rings. The van der Waals surface area contributed by atoms with E-state index >= 15 is 0 Å². The number of thioether (sulfide) groups is 1. The number of methoxy groups -OCH3 is 1. The van der Waals surface area contributed by atoms with Gasteiger partial charge in [0.25, 0.3) is 5.91 Å². The zero-order valence-electron chi connectivity index (χ0n) is 13.2. The summed E-state index contributed by atoms with van der Waals surface area (Å²) in [7, 11) is 1.54. The molecule has 1 amide bonds. The molecule has 1 aliphatic heterocycles. The van der Waals surface area contributed by atoms with Crippen LogP contribution in [0.5, 0.6) is 11.5 Å². The van der Waals surface area contributed by atoms with Gasteiger partial charge in [0.05, 0.1) is 18.6 Å². The van der Waals surface area contributed by atoms with Crippen molar-refractivity contribution in [3.8, 4) is 11.5 Å². The summed E-state index contributed by atoms with van der Waals surface area (Å²) in [5.74, 6) is -0.333. The Morgan fingerprint density at radius 1 is 1.42 bits per heavy atom. The van der Waals surface area contributed by atoms with Crippen LogP contribution < -0.4 is 14.6 Å². The minimum Gasteiger partial charge on any atom is -0.550 e. The molecular formula is C16H16NO5S2-. The summed E-state index contributed by atoms with van der Waals surface area (Å²) >= 11 is 6.28. The Morgan fingerprint density at radius 3 is 2.79 bits per heavy atom. The molecule has 1 fully saturated rings. The van der Waals surface area contributed by atoms with Gasteiger partial charge in [-0.3, -0.25) is 9.69 Å². The Morgan fingerprint density at radius 2 is 2.17 bits per heavy atom. The number of carbonyl (C=O) groups excluding carboxylic acids is 2. The number of ether oxygens (including phenoxy) is 2. The van der Waals surface area contributed by atoms with Gasteiger partial charge in [-0.1, -0.05) is 30.0 Å². The molecule has 0 radical (unpaired) electrons. The molecule has 0 bridgehead atoms. The first-order valence-electron chi connectivity index (χ1n) is 7.22. The molecule has 0 aromatic heterocycles. The average Bonchev–Trinajstić information content (AvgIpc) is 2.80. The van der Waals surface area contributed by atoms with E-state index < -0.39 is 5.97 Å². The highest BCUT2D eigenvalue weighted by molar-refractivity contribution is 8.26. The number of hydrogen-bond acceptors (Lipinski definition) is 7. The van der Waals surface area contributed by atoms with Crippen molar-refractivity contribution >= 4 is 46.3 Å². The summed E-state index contributed by atoms with van der Waals surface area (Å²) < 4.78 is 11.1. The number of carbonyl (C=O) groups is 2. The molecule has 6 nitrogen and oxygen atoms in total. The van der Waals surface area contributed by atoms with Crippen molar-refractivity contribution in [2.75, 3.05) is 20.3 Å². The third-order valence-electron chi connectivity index (χ3n) is 3.20. The van der Waals surface area contributed by atoms with Crippen molar-refractivity contribution in [2.24, 2.45) is 0 Å². The highest BCUT2D eigenvalue weighted by Gasteiger charge is 2.31. The lowest BCUT2D eigenvalue weighted by atomic mass is 10.2. The van der Waals surface area contributed by atoms with Crippen LogP contribution in [-0.2, 0) is 9.59 Å². The smallest absolute Gasteiger partial charge is 0.266 e. The fourth-order valence-electron chi connectivity index (χ4n) is 2.10. The quantitative estimate of drug-likeness (QED) is 0.534. The summed E-state index contributed by atoms with van der Waals surface area (Å²) in [6, 6.07) is 5.34. The second-order valence-electron chi connectivity index (χ2n) is 4.80. The molecule has 0 unspecified atom stereocenters. The number of benzene rings is 1. The lowest BCUT2D eigenvalue weighted by Crippen LogP contribution is -2.33. The second-order valence-corrected chi connectivity index (χ2v) is 6.47. The topological polar surface area (TPSA) is 78.9 Å². The van der Waals surface area contributed by atoms with E-state index in [1.807, 2.05) is 6.92 Å². The SMILES string of the molecule is CCOc1ccc(/C=C2/SC(=S)N(CCC(=O)[O-])C2=O)cc1OC. The number of nitrogens with zero attached hydrogens (tertiary/aromatic N) is 1. The monoisotopic (exact) mass is 366 g/mol. The van der Waals surface area contributed by atoms with Crippen molar-refractivity contribution in [3.63, 3.8) is 0 Å². The molecule has 0 aliphatic carbocycles. The molecule has 8 heteroatoms. The Bertz CT molecular complexity index is 702. The maximum atomic E-state index is 12.3. The van der Waals surface area contributed by atoms with E-state index in [0.717, 1.165) is 17.3 Å². The molecule has 1 aromatic carbocycles. The van der Waals surface area contributed by atoms with Crippen molar-refractivity contribution in [1.29, 1.82) is 0 Å². The second kappa shape index (κ2) is 8.16. The van der Waals surface area contributed by atoms with Crippen molar-refractivity contribution in [2.45, 2.75) is 13.3 Å². The fraction of sp³-hybridized carbons (Fsp3) is 0.312. The van der Waals surface area contributed by atoms with E-state index in [1.165, 1.54) is 4.90 Å². The van der Waals surface area contributed by atoms with Crippen LogP contribution in [0.15, 0.2) is 23.1 Å². The van der Waals surface area contributed by atoms with Crippen LogP contribution in [0.3, 0.4) is 0 Å². The van der Waals surface area contributed by atoms with Gasteiger partial charge < -0.3 is 19.4 Å². The molecule has 24 heavy (non-hydrogen) atoms. The maximum absolute atomic E-state index is 12.3. The normalized spacial score (nSPS) is 15.9. The number of rotatable bonds is 7. The van der Waals surface area contributed by atoms with E-state index in [4.69, 9.17) is 21.7 Å². The zero-order chi connectivity index (χ0) is 17.7. The predicted molar refractivity (Wildman–Crippen MR) is 93.7 cm³/mol. The fourth-order valence-corrected chi connectivity index (χ4v) is 3.40. The molecule has 1 aliphatic rings. The van der Waals surface area contributed by atoms with Gasteiger partial charge in [-0.15, -0.1) is 0 Å². The third kappa shape index (κ3) is 4.27. The minimum atomic E-state index is -1.22. The van der Waals surface area contributed by atoms with E-state index in [9.17, 15) is 14.7 Å². The largest absolute Gasteiger partial charge is 0.550 e. The summed E-state index contributed by atoms with van der Waals surface area (Å²) in [5.41, 5.74) is 0.760.